The van der Waals surface area contributed by atoms with Crippen LogP contribution in [0.15, 0.2) is 48.6 Å². The third kappa shape index (κ3) is 31.0. The molecule has 0 saturated heterocycles. The highest BCUT2D eigenvalue weighted by molar-refractivity contribution is 4.93. The number of rotatable bonds is 28. The first-order valence-electron chi connectivity index (χ1n) is 16.2. The summed E-state index contributed by atoms with van der Waals surface area (Å²) < 4.78 is 0. The van der Waals surface area contributed by atoms with Gasteiger partial charge in [-0.25, -0.2) is 0 Å². The van der Waals surface area contributed by atoms with Crippen molar-refractivity contribution >= 4 is 0 Å². The Balaban J connectivity index is 3.28. The predicted molar refractivity (Wildman–Crippen MR) is 167 cm³/mol. The summed E-state index contributed by atoms with van der Waals surface area (Å²) in [7, 11) is 0. The maximum atomic E-state index is 6.36. The molecule has 210 valence electrons. The Bertz CT molecular complexity index is 513. The fraction of sp³-hybridized carbons (Fsp3) is 0.771. The van der Waals surface area contributed by atoms with Gasteiger partial charge in [0.15, 0.2) is 0 Å². The highest BCUT2D eigenvalue weighted by atomic mass is 14.6. The molecule has 0 fully saturated rings. The Labute approximate surface area is 228 Å². The summed E-state index contributed by atoms with van der Waals surface area (Å²) in [5.41, 5.74) is 6.36. The second kappa shape index (κ2) is 31.9. The average molecular weight is 500 g/mol. The molecule has 0 aliphatic heterocycles. The molecule has 0 heterocycles. The summed E-state index contributed by atoms with van der Waals surface area (Å²) in [6, 6.07) is 0.437. The topological polar surface area (TPSA) is 26.0 Å². The zero-order chi connectivity index (χ0) is 26.2. The Kier molecular flexibility index (Phi) is 31.0. The van der Waals surface area contributed by atoms with Gasteiger partial charge in [-0.05, 0) is 70.6 Å². The summed E-state index contributed by atoms with van der Waals surface area (Å²) in [5.74, 6) is 0. The summed E-state index contributed by atoms with van der Waals surface area (Å²) in [6.07, 6.45) is 50.0. The highest BCUT2D eigenvalue weighted by Gasteiger charge is 2.02. The van der Waals surface area contributed by atoms with E-state index in [4.69, 9.17) is 5.73 Å². The van der Waals surface area contributed by atoms with Gasteiger partial charge in [-0.1, -0.05) is 146 Å². The van der Waals surface area contributed by atoms with Crippen LogP contribution in [0.2, 0.25) is 0 Å². The molecule has 0 aliphatic rings. The highest BCUT2D eigenvalue weighted by Crippen LogP contribution is 2.14. The second-order valence-corrected chi connectivity index (χ2v) is 10.8. The maximum absolute atomic E-state index is 6.36. The van der Waals surface area contributed by atoms with E-state index in [0.717, 1.165) is 12.8 Å². The molecule has 0 radical (unpaired) electrons. The number of unbranched alkanes of at least 4 members (excludes halogenated alkanes) is 16. The molecule has 36 heavy (non-hydrogen) atoms. The van der Waals surface area contributed by atoms with E-state index in [1.807, 2.05) is 0 Å². The van der Waals surface area contributed by atoms with E-state index in [9.17, 15) is 0 Å². The molecular formula is C35H65N. The van der Waals surface area contributed by atoms with Crippen LogP contribution in [0.5, 0.6) is 0 Å². The minimum atomic E-state index is 0.437. The summed E-state index contributed by atoms with van der Waals surface area (Å²) >= 11 is 0. The third-order valence-corrected chi connectivity index (χ3v) is 7.03. The first-order chi connectivity index (χ1) is 17.8. The van der Waals surface area contributed by atoms with Crippen molar-refractivity contribution in [2.45, 2.75) is 174 Å². The molecule has 1 unspecified atom stereocenters. The number of nitrogens with two attached hydrogens (primary N) is 1. The molecule has 0 aliphatic carbocycles. The quantitative estimate of drug-likeness (QED) is 0.0840. The Morgan fingerprint density at radius 1 is 0.389 bits per heavy atom. The lowest BCUT2D eigenvalue weighted by Gasteiger charge is -2.11. The van der Waals surface area contributed by atoms with Crippen LogP contribution in [0.4, 0.5) is 0 Å². The van der Waals surface area contributed by atoms with Gasteiger partial charge in [-0.2, -0.15) is 0 Å². The molecule has 0 aromatic heterocycles. The van der Waals surface area contributed by atoms with Crippen LogP contribution >= 0.6 is 0 Å². The Morgan fingerprint density at radius 3 is 1.17 bits per heavy atom. The standard InChI is InChI=1S/C35H65N/c1-3-5-7-9-11-13-15-17-19-20-22-24-26-28-30-32-34-35(36)33-31-29-27-25-23-21-18-16-14-12-10-8-6-4-2/h8,10-11,13-14,16-17,19,35H,3-7,9,12,15,18,20-34,36H2,1-2H3/b10-8-,13-11-,16-14-,19-17-. The molecule has 0 spiro atoms. The largest absolute Gasteiger partial charge is 0.328 e. The van der Waals surface area contributed by atoms with Crippen LogP contribution < -0.4 is 5.73 Å². The van der Waals surface area contributed by atoms with Gasteiger partial charge in [0.05, 0.1) is 0 Å². The van der Waals surface area contributed by atoms with Crippen molar-refractivity contribution in [3.63, 3.8) is 0 Å². The molecule has 0 aromatic carbocycles. The SMILES string of the molecule is CCC/C=C\C/C=C\CCCCCCCCC(N)CCCCCCCC/C=C\C/C=C\CCCCC. The van der Waals surface area contributed by atoms with E-state index >= 15 is 0 Å². The molecular weight excluding hydrogens is 434 g/mol. The Hall–Kier alpha value is -1.08. The summed E-state index contributed by atoms with van der Waals surface area (Å²) in [4.78, 5) is 0. The Morgan fingerprint density at radius 2 is 0.750 bits per heavy atom. The lowest BCUT2D eigenvalue weighted by atomic mass is 10.0. The van der Waals surface area contributed by atoms with Gasteiger partial charge < -0.3 is 5.73 Å². The van der Waals surface area contributed by atoms with Gasteiger partial charge in [0, 0.05) is 6.04 Å². The predicted octanol–water partition coefficient (Wildman–Crippen LogP) is 11.9. The smallest absolute Gasteiger partial charge is 0.00388 e. The lowest BCUT2D eigenvalue weighted by Crippen LogP contribution is -2.19. The van der Waals surface area contributed by atoms with Gasteiger partial charge in [0.2, 0.25) is 0 Å². The number of allylic oxidation sites excluding steroid dienone is 8. The zero-order valence-electron chi connectivity index (χ0n) is 24.7. The van der Waals surface area contributed by atoms with E-state index in [1.165, 1.54) is 141 Å². The first kappa shape index (κ1) is 34.9. The molecule has 1 atom stereocenters. The van der Waals surface area contributed by atoms with E-state index < -0.39 is 0 Å². The zero-order valence-corrected chi connectivity index (χ0v) is 24.7. The summed E-state index contributed by atoms with van der Waals surface area (Å²) in [5, 5.41) is 0. The monoisotopic (exact) mass is 500 g/mol. The molecule has 1 nitrogen and oxygen atoms in total. The van der Waals surface area contributed by atoms with E-state index in [0.29, 0.717) is 6.04 Å². The van der Waals surface area contributed by atoms with Crippen molar-refractivity contribution in [1.82, 2.24) is 0 Å². The average Bonchev–Trinajstić information content (AvgIpc) is 2.88. The molecule has 2 N–H and O–H groups in total. The van der Waals surface area contributed by atoms with Crippen LogP contribution in [0, 0.1) is 0 Å². The fourth-order valence-electron chi connectivity index (χ4n) is 4.59. The van der Waals surface area contributed by atoms with E-state index in [2.05, 4.69) is 62.5 Å². The summed E-state index contributed by atoms with van der Waals surface area (Å²) in [6.45, 7) is 4.50. The maximum Gasteiger partial charge on any atom is 0.00388 e. The molecule has 0 saturated carbocycles. The van der Waals surface area contributed by atoms with Gasteiger partial charge in [-0.15, -0.1) is 0 Å². The molecule has 0 amide bonds. The van der Waals surface area contributed by atoms with Crippen molar-refractivity contribution in [1.29, 1.82) is 0 Å². The molecule has 1 heteroatoms. The van der Waals surface area contributed by atoms with Crippen molar-refractivity contribution in [2.75, 3.05) is 0 Å². The van der Waals surface area contributed by atoms with Crippen LogP contribution in [0.25, 0.3) is 0 Å². The van der Waals surface area contributed by atoms with Gasteiger partial charge in [0.25, 0.3) is 0 Å². The minimum Gasteiger partial charge on any atom is -0.328 e. The van der Waals surface area contributed by atoms with Crippen molar-refractivity contribution in [3.8, 4) is 0 Å². The van der Waals surface area contributed by atoms with Crippen LogP contribution in [0.1, 0.15) is 168 Å². The minimum absolute atomic E-state index is 0.437. The molecule has 0 bridgehead atoms. The van der Waals surface area contributed by atoms with Crippen LogP contribution in [-0.4, -0.2) is 6.04 Å². The van der Waals surface area contributed by atoms with Crippen LogP contribution in [0.3, 0.4) is 0 Å². The second-order valence-electron chi connectivity index (χ2n) is 10.8. The fourth-order valence-corrected chi connectivity index (χ4v) is 4.59. The van der Waals surface area contributed by atoms with Crippen LogP contribution in [-0.2, 0) is 0 Å². The van der Waals surface area contributed by atoms with Crippen molar-refractivity contribution in [3.05, 3.63) is 48.6 Å². The van der Waals surface area contributed by atoms with E-state index in [1.54, 1.807) is 0 Å². The van der Waals surface area contributed by atoms with Gasteiger partial charge in [-0.3, -0.25) is 0 Å². The van der Waals surface area contributed by atoms with E-state index in [-0.39, 0.29) is 0 Å². The molecule has 0 rings (SSSR count). The van der Waals surface area contributed by atoms with Crippen molar-refractivity contribution < 1.29 is 0 Å². The van der Waals surface area contributed by atoms with Gasteiger partial charge >= 0.3 is 0 Å². The number of hydrogen-bond donors (Lipinski definition) is 1. The first-order valence-corrected chi connectivity index (χ1v) is 16.2. The van der Waals surface area contributed by atoms with Crippen molar-refractivity contribution in [2.24, 2.45) is 5.73 Å². The lowest BCUT2D eigenvalue weighted by molar-refractivity contribution is 0.482. The number of hydrogen-bond acceptors (Lipinski definition) is 1. The normalized spacial score (nSPS) is 13.3. The third-order valence-electron chi connectivity index (χ3n) is 7.03. The molecule has 0 aromatic rings. The van der Waals surface area contributed by atoms with Gasteiger partial charge in [0.1, 0.15) is 0 Å².